The van der Waals surface area contributed by atoms with Gasteiger partial charge in [-0.25, -0.2) is 0 Å². The molecule has 19 heavy (non-hydrogen) atoms. The quantitative estimate of drug-likeness (QED) is 0.758. The van der Waals surface area contributed by atoms with Gasteiger partial charge in [0.2, 0.25) is 5.91 Å². The van der Waals surface area contributed by atoms with E-state index in [4.69, 9.17) is 9.84 Å². The van der Waals surface area contributed by atoms with Crippen molar-refractivity contribution in [3.05, 3.63) is 29.8 Å². The SMILES string of the molecule is COC(C)CCC(=O)Nc1cccc(CCCO)c1. The third kappa shape index (κ3) is 6.36. The van der Waals surface area contributed by atoms with Crippen LogP contribution in [-0.2, 0) is 16.0 Å². The molecule has 1 rings (SSSR count). The average Bonchev–Trinajstić information content (AvgIpc) is 2.43. The molecule has 4 heteroatoms. The van der Waals surface area contributed by atoms with Crippen LogP contribution in [0.4, 0.5) is 5.69 Å². The number of nitrogens with one attached hydrogen (secondary N) is 1. The third-order valence-corrected chi connectivity index (χ3v) is 3.01. The zero-order valence-corrected chi connectivity index (χ0v) is 11.7. The van der Waals surface area contributed by atoms with Crippen LogP contribution in [0, 0.1) is 0 Å². The molecule has 0 spiro atoms. The van der Waals surface area contributed by atoms with Gasteiger partial charge in [0.1, 0.15) is 0 Å². The van der Waals surface area contributed by atoms with Crippen LogP contribution in [0.3, 0.4) is 0 Å². The Morgan fingerprint density at radius 2 is 2.26 bits per heavy atom. The van der Waals surface area contributed by atoms with Gasteiger partial charge in [-0.2, -0.15) is 0 Å². The number of benzene rings is 1. The second-order valence-corrected chi connectivity index (χ2v) is 4.66. The Morgan fingerprint density at radius 3 is 2.95 bits per heavy atom. The van der Waals surface area contributed by atoms with E-state index in [1.165, 1.54) is 0 Å². The minimum atomic E-state index is 0.00297. The van der Waals surface area contributed by atoms with Gasteiger partial charge < -0.3 is 15.2 Å². The standard InChI is InChI=1S/C15H23NO3/c1-12(19-2)8-9-15(18)16-14-7-3-5-13(11-14)6-4-10-17/h3,5,7,11-12,17H,4,6,8-10H2,1-2H3,(H,16,18). The number of hydrogen-bond donors (Lipinski definition) is 2. The van der Waals surface area contributed by atoms with E-state index in [0.717, 1.165) is 24.1 Å². The van der Waals surface area contributed by atoms with E-state index >= 15 is 0 Å². The second kappa shape index (κ2) is 8.67. The van der Waals surface area contributed by atoms with E-state index < -0.39 is 0 Å². The van der Waals surface area contributed by atoms with Gasteiger partial charge in [-0.3, -0.25) is 4.79 Å². The summed E-state index contributed by atoms with van der Waals surface area (Å²) in [5.74, 6) is 0.00297. The summed E-state index contributed by atoms with van der Waals surface area (Å²) in [6.07, 6.45) is 2.83. The molecule has 1 atom stereocenters. The first-order chi connectivity index (χ1) is 9.15. The third-order valence-electron chi connectivity index (χ3n) is 3.01. The first-order valence-electron chi connectivity index (χ1n) is 6.68. The zero-order chi connectivity index (χ0) is 14.1. The van der Waals surface area contributed by atoms with E-state index in [0.29, 0.717) is 12.8 Å². The number of carbonyl (C=O) groups excluding carboxylic acids is 1. The lowest BCUT2D eigenvalue weighted by Gasteiger charge is -2.10. The first kappa shape index (κ1) is 15.7. The smallest absolute Gasteiger partial charge is 0.224 e. The molecule has 0 aliphatic heterocycles. The van der Waals surface area contributed by atoms with Crippen LogP contribution in [0.5, 0.6) is 0 Å². The van der Waals surface area contributed by atoms with Crippen molar-refractivity contribution < 1.29 is 14.6 Å². The summed E-state index contributed by atoms with van der Waals surface area (Å²) >= 11 is 0. The molecule has 0 fully saturated rings. The fourth-order valence-corrected chi connectivity index (χ4v) is 1.76. The monoisotopic (exact) mass is 265 g/mol. The fourth-order valence-electron chi connectivity index (χ4n) is 1.76. The molecule has 0 aliphatic carbocycles. The first-order valence-corrected chi connectivity index (χ1v) is 6.68. The van der Waals surface area contributed by atoms with Crippen LogP contribution in [0.2, 0.25) is 0 Å². The molecule has 2 N–H and O–H groups in total. The van der Waals surface area contributed by atoms with E-state index in [-0.39, 0.29) is 18.6 Å². The van der Waals surface area contributed by atoms with Crippen LogP contribution in [0.15, 0.2) is 24.3 Å². The lowest BCUT2D eigenvalue weighted by molar-refractivity contribution is -0.116. The maximum atomic E-state index is 11.8. The Labute approximate surface area is 114 Å². The van der Waals surface area contributed by atoms with Crippen molar-refractivity contribution in [2.75, 3.05) is 19.0 Å². The van der Waals surface area contributed by atoms with Gasteiger partial charge in [0, 0.05) is 25.8 Å². The Bertz CT molecular complexity index is 393. The van der Waals surface area contributed by atoms with E-state index in [1.54, 1.807) is 7.11 Å². The van der Waals surface area contributed by atoms with Crippen molar-refractivity contribution >= 4 is 11.6 Å². The van der Waals surface area contributed by atoms with Gasteiger partial charge in [0.15, 0.2) is 0 Å². The highest BCUT2D eigenvalue weighted by Crippen LogP contribution is 2.13. The summed E-state index contributed by atoms with van der Waals surface area (Å²) in [6, 6.07) is 7.74. The largest absolute Gasteiger partial charge is 0.396 e. The van der Waals surface area contributed by atoms with Crippen molar-refractivity contribution in [3.8, 4) is 0 Å². The summed E-state index contributed by atoms with van der Waals surface area (Å²) < 4.78 is 5.11. The topological polar surface area (TPSA) is 58.6 Å². The summed E-state index contributed by atoms with van der Waals surface area (Å²) in [5, 5.41) is 11.7. The predicted octanol–water partition coefficient (Wildman–Crippen LogP) is 2.37. The number of ether oxygens (including phenoxy) is 1. The van der Waals surface area contributed by atoms with Crippen molar-refractivity contribution in [2.45, 2.75) is 38.7 Å². The highest BCUT2D eigenvalue weighted by molar-refractivity contribution is 5.90. The van der Waals surface area contributed by atoms with Crippen LogP contribution >= 0.6 is 0 Å². The number of hydrogen-bond acceptors (Lipinski definition) is 3. The molecule has 0 bridgehead atoms. The number of anilines is 1. The minimum absolute atomic E-state index is 0.00297. The Hall–Kier alpha value is -1.39. The molecule has 1 amide bonds. The molecule has 0 radical (unpaired) electrons. The van der Waals surface area contributed by atoms with Crippen LogP contribution in [0.1, 0.15) is 31.7 Å². The summed E-state index contributed by atoms with van der Waals surface area (Å²) in [5.41, 5.74) is 1.93. The highest BCUT2D eigenvalue weighted by Gasteiger charge is 2.06. The molecule has 1 unspecified atom stereocenters. The molecule has 1 aromatic rings. The number of methoxy groups -OCH3 is 1. The fraction of sp³-hybridized carbons (Fsp3) is 0.533. The van der Waals surface area contributed by atoms with Crippen LogP contribution < -0.4 is 5.32 Å². The lowest BCUT2D eigenvalue weighted by Crippen LogP contribution is -2.15. The molecule has 0 saturated heterocycles. The van der Waals surface area contributed by atoms with Crippen molar-refractivity contribution in [2.24, 2.45) is 0 Å². The van der Waals surface area contributed by atoms with Gasteiger partial charge in [-0.1, -0.05) is 12.1 Å². The minimum Gasteiger partial charge on any atom is -0.396 e. The maximum Gasteiger partial charge on any atom is 0.224 e. The molecule has 0 heterocycles. The summed E-state index contributed by atoms with van der Waals surface area (Å²) in [6.45, 7) is 2.13. The van der Waals surface area contributed by atoms with Gasteiger partial charge in [0.25, 0.3) is 0 Å². The number of amides is 1. The van der Waals surface area contributed by atoms with Crippen molar-refractivity contribution in [1.82, 2.24) is 0 Å². The highest BCUT2D eigenvalue weighted by atomic mass is 16.5. The number of aliphatic hydroxyl groups is 1. The van der Waals surface area contributed by atoms with Gasteiger partial charge in [0.05, 0.1) is 6.10 Å². The molecule has 106 valence electrons. The number of aliphatic hydroxyl groups excluding tert-OH is 1. The maximum absolute atomic E-state index is 11.8. The Kier molecular flexibility index (Phi) is 7.15. The van der Waals surface area contributed by atoms with Gasteiger partial charge >= 0.3 is 0 Å². The average molecular weight is 265 g/mol. The van der Waals surface area contributed by atoms with E-state index in [2.05, 4.69) is 5.32 Å². The summed E-state index contributed by atoms with van der Waals surface area (Å²) in [4.78, 5) is 11.8. The molecule has 4 nitrogen and oxygen atoms in total. The summed E-state index contributed by atoms with van der Waals surface area (Å²) in [7, 11) is 1.65. The van der Waals surface area contributed by atoms with Gasteiger partial charge in [-0.15, -0.1) is 0 Å². The van der Waals surface area contributed by atoms with E-state index in [1.807, 2.05) is 31.2 Å². The lowest BCUT2D eigenvalue weighted by atomic mass is 10.1. The predicted molar refractivity (Wildman–Crippen MR) is 76.2 cm³/mol. The molecular formula is C15H23NO3. The van der Waals surface area contributed by atoms with E-state index in [9.17, 15) is 4.79 Å². The Balaban J connectivity index is 2.45. The molecule has 0 aliphatic rings. The van der Waals surface area contributed by atoms with Crippen LogP contribution in [-0.4, -0.2) is 30.8 Å². The van der Waals surface area contributed by atoms with Crippen LogP contribution in [0.25, 0.3) is 0 Å². The van der Waals surface area contributed by atoms with Crippen molar-refractivity contribution in [1.29, 1.82) is 0 Å². The number of carbonyl (C=O) groups is 1. The number of aryl methyl sites for hydroxylation is 1. The second-order valence-electron chi connectivity index (χ2n) is 4.66. The van der Waals surface area contributed by atoms with Gasteiger partial charge in [-0.05, 0) is 43.9 Å². The molecule has 0 saturated carbocycles. The number of rotatable bonds is 8. The Morgan fingerprint density at radius 1 is 1.47 bits per heavy atom. The normalized spacial score (nSPS) is 12.2. The zero-order valence-electron chi connectivity index (χ0n) is 11.7. The molecule has 0 aromatic heterocycles. The molecular weight excluding hydrogens is 242 g/mol. The molecule has 1 aromatic carbocycles. The van der Waals surface area contributed by atoms with Crippen molar-refractivity contribution in [3.63, 3.8) is 0 Å².